The first-order valence-electron chi connectivity index (χ1n) is 6.10. The predicted molar refractivity (Wildman–Crippen MR) is 79.4 cm³/mol. The quantitative estimate of drug-likeness (QED) is 0.934. The molecule has 4 nitrogen and oxygen atoms in total. The van der Waals surface area contributed by atoms with Crippen molar-refractivity contribution in [3.05, 3.63) is 46.1 Å². The zero-order valence-electron chi connectivity index (χ0n) is 11.1. The van der Waals surface area contributed by atoms with Crippen LogP contribution in [0.2, 0.25) is 0 Å². The molecule has 1 amide bonds. The highest BCUT2D eigenvalue weighted by molar-refractivity contribution is 9.10. The van der Waals surface area contributed by atoms with Crippen LogP contribution < -0.4 is 5.32 Å². The molecule has 1 N–H and O–H groups in total. The van der Waals surface area contributed by atoms with Crippen LogP contribution in [-0.4, -0.2) is 15.7 Å². The fraction of sp³-hybridized carbons (Fsp3) is 0.286. The third kappa shape index (κ3) is 2.87. The predicted octanol–water partition coefficient (Wildman–Crippen LogP) is 3.79. The summed E-state index contributed by atoms with van der Waals surface area (Å²) in [7, 11) is 0. The van der Waals surface area contributed by atoms with Gasteiger partial charge in [-0.25, -0.2) is 4.68 Å². The highest BCUT2D eigenvalue weighted by Crippen LogP contribution is 2.22. The zero-order chi connectivity index (χ0) is 14.0. The molecule has 0 aliphatic heterocycles. The number of aryl methyl sites for hydroxylation is 1. The van der Waals surface area contributed by atoms with Crippen molar-refractivity contribution in [2.45, 2.75) is 26.8 Å². The van der Waals surface area contributed by atoms with E-state index in [-0.39, 0.29) is 11.9 Å². The second-order valence-corrected chi connectivity index (χ2v) is 5.44. The largest absolute Gasteiger partial charge is 0.307 e. The van der Waals surface area contributed by atoms with Crippen LogP contribution in [0.1, 0.15) is 35.8 Å². The monoisotopic (exact) mass is 321 g/mol. The fourth-order valence-corrected chi connectivity index (χ4v) is 2.28. The smallest absolute Gasteiger partial charge is 0.257 e. The molecule has 0 radical (unpaired) electrons. The van der Waals surface area contributed by atoms with Gasteiger partial charge in [-0.3, -0.25) is 4.79 Å². The topological polar surface area (TPSA) is 46.9 Å². The molecule has 0 fully saturated rings. The number of hydrogen-bond donors (Lipinski definition) is 1. The van der Waals surface area contributed by atoms with E-state index in [0.717, 1.165) is 10.0 Å². The Morgan fingerprint density at radius 1 is 1.37 bits per heavy atom. The molecule has 0 atom stereocenters. The summed E-state index contributed by atoms with van der Waals surface area (Å²) in [6.45, 7) is 6.00. The number of nitrogens with zero attached hydrogens (tertiary/aromatic N) is 2. The van der Waals surface area contributed by atoms with Crippen molar-refractivity contribution in [2.75, 3.05) is 5.32 Å². The molecule has 2 rings (SSSR count). The molecule has 0 bridgehead atoms. The lowest BCUT2D eigenvalue weighted by molar-refractivity contribution is 0.102. The molecule has 1 heterocycles. The first kappa shape index (κ1) is 13.8. The van der Waals surface area contributed by atoms with E-state index in [2.05, 4.69) is 26.3 Å². The molecule has 0 aliphatic carbocycles. The highest BCUT2D eigenvalue weighted by Gasteiger charge is 2.14. The Bertz CT molecular complexity index is 604. The summed E-state index contributed by atoms with van der Waals surface area (Å²) in [5.41, 5.74) is 1.65. The molecular weight excluding hydrogens is 306 g/mol. The van der Waals surface area contributed by atoms with Gasteiger partial charge in [0.25, 0.3) is 5.91 Å². The second-order valence-electron chi connectivity index (χ2n) is 4.65. The van der Waals surface area contributed by atoms with Gasteiger partial charge in [0.1, 0.15) is 5.82 Å². The van der Waals surface area contributed by atoms with E-state index in [1.807, 2.05) is 32.9 Å². The first-order chi connectivity index (χ1) is 9.00. The molecule has 19 heavy (non-hydrogen) atoms. The minimum absolute atomic E-state index is 0.141. The Kier molecular flexibility index (Phi) is 4.04. The summed E-state index contributed by atoms with van der Waals surface area (Å²) >= 11 is 3.45. The molecular formula is C14H16BrN3O. The van der Waals surface area contributed by atoms with Crippen LogP contribution >= 0.6 is 15.9 Å². The Morgan fingerprint density at radius 3 is 2.79 bits per heavy atom. The first-order valence-corrected chi connectivity index (χ1v) is 6.90. The van der Waals surface area contributed by atoms with Gasteiger partial charge >= 0.3 is 0 Å². The summed E-state index contributed by atoms with van der Waals surface area (Å²) in [5.74, 6) is 0.561. The van der Waals surface area contributed by atoms with E-state index in [1.165, 1.54) is 0 Å². The van der Waals surface area contributed by atoms with Gasteiger partial charge in [0.05, 0.1) is 11.8 Å². The minimum atomic E-state index is -0.141. The number of anilines is 1. The Hall–Kier alpha value is -1.62. The highest BCUT2D eigenvalue weighted by atomic mass is 79.9. The SMILES string of the molecule is Cc1cccc(C(=O)Nc2ccnn2C(C)C)c1Br. The summed E-state index contributed by atoms with van der Waals surface area (Å²) < 4.78 is 2.60. The third-order valence-corrected chi connectivity index (χ3v) is 3.89. The van der Waals surface area contributed by atoms with Gasteiger partial charge in [0.2, 0.25) is 0 Å². The average Bonchev–Trinajstić information content (AvgIpc) is 2.80. The Labute approximate surface area is 120 Å². The van der Waals surface area contributed by atoms with Crippen molar-refractivity contribution in [3.8, 4) is 0 Å². The minimum Gasteiger partial charge on any atom is -0.307 e. The van der Waals surface area contributed by atoms with Gasteiger partial charge in [0.15, 0.2) is 0 Å². The number of aromatic nitrogens is 2. The number of halogens is 1. The van der Waals surface area contributed by atoms with Gasteiger partial charge in [-0.1, -0.05) is 12.1 Å². The lowest BCUT2D eigenvalue weighted by Crippen LogP contribution is -2.17. The summed E-state index contributed by atoms with van der Waals surface area (Å²) in [5, 5.41) is 7.08. The molecule has 5 heteroatoms. The molecule has 100 valence electrons. The van der Waals surface area contributed by atoms with E-state index in [4.69, 9.17) is 0 Å². The van der Waals surface area contributed by atoms with Gasteiger partial charge in [-0.15, -0.1) is 0 Å². The van der Waals surface area contributed by atoms with E-state index >= 15 is 0 Å². The van der Waals surface area contributed by atoms with E-state index in [1.54, 1.807) is 23.0 Å². The van der Waals surface area contributed by atoms with Gasteiger partial charge in [0, 0.05) is 16.6 Å². The molecule has 1 aromatic carbocycles. The summed E-state index contributed by atoms with van der Waals surface area (Å²) in [6, 6.07) is 7.61. The number of benzene rings is 1. The average molecular weight is 322 g/mol. The van der Waals surface area contributed by atoms with E-state index < -0.39 is 0 Å². The van der Waals surface area contributed by atoms with Crippen molar-refractivity contribution in [3.63, 3.8) is 0 Å². The van der Waals surface area contributed by atoms with Gasteiger partial charge in [-0.05, 0) is 48.3 Å². The number of nitrogens with one attached hydrogen (secondary N) is 1. The zero-order valence-corrected chi connectivity index (χ0v) is 12.7. The van der Waals surface area contributed by atoms with Crippen LogP contribution in [0.4, 0.5) is 5.82 Å². The standard InChI is InChI=1S/C14H16BrN3O/c1-9(2)18-12(7-8-16-18)17-14(19)11-6-4-5-10(3)13(11)15/h4-9H,1-3H3,(H,17,19). The van der Waals surface area contributed by atoms with Crippen LogP contribution in [0.5, 0.6) is 0 Å². The van der Waals surface area contributed by atoms with E-state index in [0.29, 0.717) is 11.4 Å². The molecule has 0 saturated heterocycles. The number of carbonyl (C=O) groups is 1. The Balaban J connectivity index is 2.26. The van der Waals surface area contributed by atoms with Crippen LogP contribution in [0.15, 0.2) is 34.9 Å². The summed E-state index contributed by atoms with van der Waals surface area (Å²) in [6.07, 6.45) is 1.68. The van der Waals surface area contributed by atoms with Crippen molar-refractivity contribution in [1.29, 1.82) is 0 Å². The number of rotatable bonds is 3. The lowest BCUT2D eigenvalue weighted by Gasteiger charge is -2.12. The van der Waals surface area contributed by atoms with Gasteiger partial charge < -0.3 is 5.32 Å². The number of carbonyl (C=O) groups excluding carboxylic acids is 1. The van der Waals surface area contributed by atoms with Crippen molar-refractivity contribution >= 4 is 27.7 Å². The Morgan fingerprint density at radius 2 is 2.11 bits per heavy atom. The fourth-order valence-electron chi connectivity index (χ4n) is 1.83. The normalized spacial score (nSPS) is 10.8. The lowest BCUT2D eigenvalue weighted by atomic mass is 10.1. The maximum atomic E-state index is 12.3. The third-order valence-electron chi connectivity index (χ3n) is 2.84. The molecule has 2 aromatic rings. The molecule has 1 aromatic heterocycles. The van der Waals surface area contributed by atoms with Crippen molar-refractivity contribution in [1.82, 2.24) is 9.78 Å². The molecule has 0 spiro atoms. The van der Waals surface area contributed by atoms with Crippen LogP contribution in [0, 0.1) is 6.92 Å². The molecule has 0 aliphatic rings. The maximum absolute atomic E-state index is 12.3. The van der Waals surface area contributed by atoms with Crippen molar-refractivity contribution in [2.24, 2.45) is 0 Å². The van der Waals surface area contributed by atoms with Crippen LogP contribution in [0.3, 0.4) is 0 Å². The molecule has 0 unspecified atom stereocenters. The van der Waals surface area contributed by atoms with Crippen molar-refractivity contribution < 1.29 is 4.79 Å². The van der Waals surface area contributed by atoms with E-state index in [9.17, 15) is 4.79 Å². The maximum Gasteiger partial charge on any atom is 0.257 e. The molecule has 0 saturated carbocycles. The van der Waals surface area contributed by atoms with Crippen LogP contribution in [-0.2, 0) is 0 Å². The van der Waals surface area contributed by atoms with Crippen LogP contribution in [0.25, 0.3) is 0 Å². The number of hydrogen-bond acceptors (Lipinski definition) is 2. The second kappa shape index (κ2) is 5.57. The van der Waals surface area contributed by atoms with Gasteiger partial charge in [-0.2, -0.15) is 5.10 Å². The summed E-state index contributed by atoms with van der Waals surface area (Å²) in [4.78, 5) is 12.3. The number of amides is 1.